The number of hydrogen-bond acceptors (Lipinski definition) is 17. The molecule has 6 rings (SSSR count). The maximum Gasteiger partial charge on any atom is 0.312 e. The Morgan fingerprint density at radius 1 is 1.00 bits per heavy atom. The van der Waals surface area contributed by atoms with Gasteiger partial charge in [0.2, 0.25) is 5.43 Å². The number of ether oxygens (including phenoxy) is 5. The summed E-state index contributed by atoms with van der Waals surface area (Å²) in [6, 6.07) is 2.67. The number of nitrogens with zero attached hydrogens (tertiary/aromatic N) is 2. The molecule has 1 aliphatic carbocycles. The summed E-state index contributed by atoms with van der Waals surface area (Å²) in [5.41, 5.74) is -2.29. The van der Waals surface area contributed by atoms with Crippen LogP contribution in [-0.2, 0) is 33.6 Å². The van der Waals surface area contributed by atoms with Gasteiger partial charge < -0.3 is 53.6 Å². The van der Waals surface area contributed by atoms with E-state index >= 15 is 0 Å². The van der Waals surface area contributed by atoms with Gasteiger partial charge in [-0.2, -0.15) is 0 Å². The van der Waals surface area contributed by atoms with Gasteiger partial charge in [-0.25, -0.2) is 13.4 Å². The van der Waals surface area contributed by atoms with E-state index in [0.717, 1.165) is 12.5 Å². The van der Waals surface area contributed by atoms with Crippen LogP contribution < -0.4 is 20.2 Å². The Balaban J connectivity index is 1.65. The summed E-state index contributed by atoms with van der Waals surface area (Å²) in [7, 11) is 1.01. The highest BCUT2D eigenvalue weighted by Gasteiger charge is 2.50. The van der Waals surface area contributed by atoms with Crippen LogP contribution >= 0.6 is 0 Å². The smallest absolute Gasteiger partial charge is 0.312 e. The minimum atomic E-state index is -4.07. The predicted octanol–water partition coefficient (Wildman–Crippen LogP) is 5.29. The number of anilines is 1. The van der Waals surface area contributed by atoms with Crippen LogP contribution in [0.2, 0.25) is 0 Å². The maximum absolute atomic E-state index is 14.8. The van der Waals surface area contributed by atoms with Crippen molar-refractivity contribution in [2.45, 2.75) is 90.5 Å². The van der Waals surface area contributed by atoms with Crippen molar-refractivity contribution < 1.29 is 66.2 Å². The lowest BCUT2D eigenvalue weighted by molar-refractivity contribution is -0.160. The monoisotopic (exact) mass is 949 g/mol. The van der Waals surface area contributed by atoms with Gasteiger partial charge in [-0.1, -0.05) is 45.9 Å². The van der Waals surface area contributed by atoms with Crippen LogP contribution in [0.5, 0.6) is 17.2 Å². The number of carbonyl (C=O) groups excluding carboxylic acids is 3. The number of benzene rings is 3. The number of esters is 1. The highest BCUT2D eigenvalue weighted by atomic mass is 32.2. The number of Topliss-reactive ketones (excluding diaryl/α,β-unsaturated/α-hetero) is 1. The molecule has 67 heavy (non-hydrogen) atoms. The average molecular weight is 950 g/mol. The zero-order chi connectivity index (χ0) is 49.6. The minimum absolute atomic E-state index is 0.0348. The average Bonchev–Trinajstić information content (AvgIpc) is 3.53. The number of carbonyl (C=O) groups is 3. The van der Waals surface area contributed by atoms with E-state index in [1.807, 2.05) is 19.0 Å². The predicted molar refractivity (Wildman–Crippen MR) is 248 cm³/mol. The number of hydrogen-bond donors (Lipinski definition) is 4. The van der Waals surface area contributed by atoms with Gasteiger partial charge in [0.1, 0.15) is 46.9 Å². The number of aromatic nitrogens is 1. The van der Waals surface area contributed by atoms with Crippen LogP contribution in [0.15, 0.2) is 62.4 Å². The van der Waals surface area contributed by atoms with Gasteiger partial charge in [0.25, 0.3) is 11.7 Å². The number of phenols is 1. The normalized spacial score (nSPS) is 28.3. The molecule has 1 amide bonds. The first-order valence-electron chi connectivity index (χ1n) is 21.7. The van der Waals surface area contributed by atoms with E-state index < -0.39 is 104 Å². The van der Waals surface area contributed by atoms with Crippen molar-refractivity contribution in [3.63, 3.8) is 0 Å². The van der Waals surface area contributed by atoms with Crippen LogP contribution in [0.25, 0.3) is 33.3 Å². The largest absolute Gasteiger partial charge is 0.507 e. The first-order chi connectivity index (χ1) is 31.3. The Morgan fingerprint density at radius 3 is 2.31 bits per heavy atom. The summed E-state index contributed by atoms with van der Waals surface area (Å²) < 4.78 is 62.9. The van der Waals surface area contributed by atoms with Gasteiger partial charge in [0, 0.05) is 86.1 Å². The van der Waals surface area contributed by atoms with E-state index in [1.54, 1.807) is 33.8 Å². The second-order valence-corrected chi connectivity index (χ2v) is 19.9. The molecule has 2 aromatic carbocycles. The Hall–Kier alpha value is -5.86. The zero-order valence-corrected chi connectivity index (χ0v) is 40.4. The molecule has 0 fully saturated rings. The third kappa shape index (κ3) is 9.78. The van der Waals surface area contributed by atoms with E-state index in [0.29, 0.717) is 6.54 Å². The zero-order valence-electron chi connectivity index (χ0n) is 39.6. The van der Waals surface area contributed by atoms with Crippen molar-refractivity contribution in [3.05, 3.63) is 69.6 Å². The van der Waals surface area contributed by atoms with Crippen molar-refractivity contribution in [3.8, 4) is 28.7 Å². The number of aromatic hydroxyl groups is 1. The molecule has 0 saturated heterocycles. The molecule has 9 atom stereocenters. The molecule has 18 nitrogen and oxygen atoms in total. The molecule has 362 valence electrons. The number of fused-ring (bicyclic) bond motifs is 2. The molecule has 0 saturated carbocycles. The van der Waals surface area contributed by atoms with Gasteiger partial charge in [0.15, 0.2) is 21.2 Å². The molecule has 0 unspecified atom stereocenters. The molecule has 0 radical (unpaired) electrons. The molecule has 3 aliphatic heterocycles. The molecule has 4 aliphatic rings. The summed E-state index contributed by atoms with van der Waals surface area (Å²) >= 11 is 0. The van der Waals surface area contributed by atoms with Gasteiger partial charge in [-0.15, -0.1) is 0 Å². The molecular weight excluding hydrogens is 891 g/mol. The SMILES string of the molecule is CO[C@H]1/C=C/O[C@@]2(C)Oc3c(C)c(O)c4c(=O)c(c5oc6cc(OCCN(C)C)cc(S(C)(=O)=O)c6nc-5c4c3C2=O)NC(=O)/C(C)=C\C=C\[C@H](C)[C@H](O)[C@@H](C)[C@@H](O)[C@@H](C)[C@H](OC(C)=O)[C@@H]1C. The van der Waals surface area contributed by atoms with Crippen molar-refractivity contribution in [2.75, 3.05) is 45.9 Å². The third-order valence-electron chi connectivity index (χ3n) is 12.6. The number of aliphatic hydroxyl groups excluding tert-OH is 2. The number of nitrogens with one attached hydrogen (secondary N) is 1. The molecule has 3 heterocycles. The van der Waals surface area contributed by atoms with E-state index in [2.05, 4.69) is 5.32 Å². The number of allylic oxidation sites excluding steroid dienone is 2. The van der Waals surface area contributed by atoms with Crippen LogP contribution in [0.1, 0.15) is 64.4 Å². The third-order valence-corrected chi connectivity index (χ3v) is 13.7. The Morgan fingerprint density at radius 2 is 1.69 bits per heavy atom. The summed E-state index contributed by atoms with van der Waals surface area (Å²) in [5.74, 6) is -8.12. The summed E-state index contributed by atoms with van der Waals surface area (Å²) in [6.07, 6.45) is 4.12. The number of phenolic OH excluding ortho intramolecular Hbond substituents is 1. The van der Waals surface area contributed by atoms with Crippen molar-refractivity contribution >= 4 is 55.1 Å². The van der Waals surface area contributed by atoms with Crippen molar-refractivity contribution in [2.24, 2.45) is 23.7 Å². The molecule has 0 spiro atoms. The van der Waals surface area contributed by atoms with Crippen LogP contribution in [0.4, 0.5) is 5.69 Å². The first kappa shape index (κ1) is 50.6. The standard InChI is InChI=1S/C48H59N3O15S/c1-22-14-13-15-23(2)47(58)50-38-42(56)34-33(37-45(38)65-31-20-29(62-19-17-51(9)10)21-32(36(31)49-37)67(12,59)60)35-44(27(6)41(34)55)66-48(8,46(35)57)63-18-16-30(61-11)24(3)43(64-28(7)52)26(5)40(54)25(4)39(22)53/h13-16,18,20-22,24-26,30,39-40,43,53-55H,17,19H2,1-12H3,(H,50,58)/b14-13+,18-16+,23-15-/t22-,24+,25+,26+,30-,39-,40+,43+,48-/m0/s1. The second-order valence-electron chi connectivity index (χ2n) is 17.9. The molecule has 0 aromatic heterocycles. The number of sulfone groups is 1. The summed E-state index contributed by atoms with van der Waals surface area (Å²) in [4.78, 5) is 62.4. The van der Waals surface area contributed by atoms with Crippen LogP contribution in [0.3, 0.4) is 0 Å². The topological polar surface area (TPSA) is 251 Å². The number of rotatable bonds is 7. The van der Waals surface area contributed by atoms with Crippen molar-refractivity contribution in [1.82, 2.24) is 9.88 Å². The lowest BCUT2D eigenvalue weighted by Crippen LogP contribution is -2.46. The van der Waals surface area contributed by atoms with E-state index in [-0.39, 0.29) is 67.6 Å². The summed E-state index contributed by atoms with van der Waals surface area (Å²) in [6.45, 7) is 12.9. The van der Waals surface area contributed by atoms with Crippen LogP contribution in [0, 0.1) is 30.6 Å². The van der Waals surface area contributed by atoms with E-state index in [1.165, 1.54) is 65.2 Å². The van der Waals surface area contributed by atoms with Crippen molar-refractivity contribution in [1.29, 1.82) is 0 Å². The van der Waals surface area contributed by atoms with E-state index in [4.69, 9.17) is 33.1 Å². The number of methoxy groups -OCH3 is 1. The molecule has 4 bridgehead atoms. The fourth-order valence-corrected chi connectivity index (χ4v) is 9.39. The first-order valence-corrected chi connectivity index (χ1v) is 23.6. The fourth-order valence-electron chi connectivity index (χ4n) is 8.56. The van der Waals surface area contributed by atoms with Gasteiger partial charge in [-0.3, -0.25) is 19.2 Å². The van der Waals surface area contributed by atoms with Gasteiger partial charge >= 0.3 is 11.8 Å². The molecule has 4 N–H and O–H groups in total. The highest BCUT2D eigenvalue weighted by molar-refractivity contribution is 7.91. The molecule has 2 aromatic rings. The maximum atomic E-state index is 14.8. The Bertz CT molecular complexity index is 2850. The number of ketones is 1. The molecule has 19 heteroatoms. The lowest BCUT2D eigenvalue weighted by atomic mass is 9.78. The fraction of sp³-hybridized carbons (Fsp3) is 0.479. The minimum Gasteiger partial charge on any atom is -0.507 e. The van der Waals surface area contributed by atoms with Crippen LogP contribution in [-0.4, -0.2) is 122 Å². The van der Waals surface area contributed by atoms with E-state index in [9.17, 15) is 42.9 Å². The number of amides is 1. The quantitative estimate of drug-likeness (QED) is 0.104. The van der Waals surface area contributed by atoms with Gasteiger partial charge in [0.05, 0.1) is 40.4 Å². The van der Waals surface area contributed by atoms with Gasteiger partial charge in [-0.05, 0) is 34.0 Å². The highest BCUT2D eigenvalue weighted by Crippen LogP contribution is 2.51. The lowest BCUT2D eigenvalue weighted by Gasteiger charge is -2.38. The molecular formula is C48H59N3O15S. The second kappa shape index (κ2) is 19.4. The Labute approximate surface area is 388 Å². The summed E-state index contributed by atoms with van der Waals surface area (Å²) in [5, 5.41) is 36.8. The number of likely N-dealkylation sites (N-methyl/N-ethyl adjacent to an activating group) is 1. The number of aliphatic hydroxyl groups is 2. The Kier molecular flexibility index (Phi) is 14.6.